The van der Waals surface area contributed by atoms with Crippen molar-refractivity contribution in [3.05, 3.63) is 105 Å². The number of carboxylic acid groups (broad SMARTS) is 1. The quantitative estimate of drug-likeness (QED) is 0.262. The van der Waals surface area contributed by atoms with Crippen molar-refractivity contribution in [2.75, 3.05) is 4.90 Å². The molecule has 3 aromatic carbocycles. The second-order valence-corrected chi connectivity index (χ2v) is 9.92. The number of aryl methyl sites for hydroxylation is 1. The van der Waals surface area contributed by atoms with Gasteiger partial charge in [0, 0.05) is 24.6 Å². The maximum absolute atomic E-state index is 13.9. The van der Waals surface area contributed by atoms with E-state index in [9.17, 15) is 42.8 Å². The number of aliphatic carboxylic acids is 1. The Bertz CT molecular complexity index is 1540. The number of nitro groups is 1. The summed E-state index contributed by atoms with van der Waals surface area (Å²) in [5.41, 5.74) is -2.18. The van der Waals surface area contributed by atoms with Gasteiger partial charge in [0.25, 0.3) is 5.69 Å². The molecule has 2 fully saturated rings. The number of hydrogen-bond donors (Lipinski definition) is 2. The van der Waals surface area contributed by atoms with Crippen molar-refractivity contribution in [2.24, 2.45) is 11.8 Å². The number of fused-ring (bicyclic) bond motifs is 1. The summed E-state index contributed by atoms with van der Waals surface area (Å²) in [6.45, 7) is 1.67. The molecule has 0 bridgehead atoms. The highest BCUT2D eigenvalue weighted by Crippen LogP contribution is 2.51. The van der Waals surface area contributed by atoms with Gasteiger partial charge in [0.15, 0.2) is 0 Å². The van der Waals surface area contributed by atoms with Crippen LogP contribution in [0.2, 0.25) is 0 Å². The summed E-state index contributed by atoms with van der Waals surface area (Å²) in [6.07, 6.45) is -5.06. The number of amides is 2. The molecule has 9 nitrogen and oxygen atoms in total. The highest BCUT2D eigenvalue weighted by atomic mass is 19.4. The molecule has 0 aliphatic carbocycles. The first-order valence-corrected chi connectivity index (χ1v) is 12.2. The van der Waals surface area contributed by atoms with E-state index in [1.54, 1.807) is 25.1 Å². The molecule has 2 aliphatic heterocycles. The number of hydrogen-bond acceptors (Lipinski definition) is 6. The monoisotopic (exact) mass is 553 g/mol. The van der Waals surface area contributed by atoms with Crippen LogP contribution in [0, 0.1) is 28.9 Å². The van der Waals surface area contributed by atoms with E-state index >= 15 is 0 Å². The molecule has 0 radical (unpaired) electrons. The number of rotatable bonds is 6. The minimum absolute atomic E-state index is 0.00410. The number of nitrogens with zero attached hydrogens (tertiary/aromatic N) is 2. The molecule has 0 spiro atoms. The molecule has 12 heteroatoms. The fraction of sp³-hybridized carbons (Fsp3) is 0.250. The molecule has 0 aromatic heterocycles. The molecule has 2 amide bonds. The summed E-state index contributed by atoms with van der Waals surface area (Å²) < 4.78 is 40.7. The van der Waals surface area contributed by atoms with Gasteiger partial charge < -0.3 is 5.11 Å². The second-order valence-electron chi connectivity index (χ2n) is 9.92. The average molecular weight is 553 g/mol. The highest BCUT2D eigenvalue weighted by Gasteiger charge is 2.68. The number of carboxylic acids is 1. The first-order valence-electron chi connectivity index (χ1n) is 12.2. The number of alkyl halides is 3. The van der Waals surface area contributed by atoms with Crippen LogP contribution >= 0.6 is 0 Å². The largest absolute Gasteiger partial charge is 0.480 e. The van der Waals surface area contributed by atoms with Gasteiger partial charge in [0.1, 0.15) is 5.54 Å². The lowest BCUT2D eigenvalue weighted by Gasteiger charge is -2.31. The maximum atomic E-state index is 13.9. The Kier molecular flexibility index (Phi) is 6.45. The zero-order chi connectivity index (χ0) is 29.0. The minimum atomic E-state index is -4.70. The first-order chi connectivity index (χ1) is 18.8. The Morgan fingerprint density at radius 1 is 1.05 bits per heavy atom. The summed E-state index contributed by atoms with van der Waals surface area (Å²) in [4.78, 5) is 52.2. The molecule has 4 atom stereocenters. The molecule has 2 N–H and O–H groups in total. The van der Waals surface area contributed by atoms with Gasteiger partial charge >= 0.3 is 12.1 Å². The van der Waals surface area contributed by atoms with Crippen molar-refractivity contribution < 1.29 is 37.6 Å². The summed E-state index contributed by atoms with van der Waals surface area (Å²) in [6, 6.07) is 14.5. The average Bonchev–Trinajstić information content (AvgIpc) is 3.38. The van der Waals surface area contributed by atoms with E-state index in [4.69, 9.17) is 0 Å². The van der Waals surface area contributed by atoms with E-state index in [0.29, 0.717) is 11.1 Å². The topological polar surface area (TPSA) is 130 Å². The number of imide groups is 1. The number of nitrogens with one attached hydrogen (secondary N) is 1. The number of carbonyl (C=O) groups is 3. The highest BCUT2D eigenvalue weighted by molar-refractivity contribution is 6.24. The standard InChI is InChI=1S/C28H22F3N3O6/c1-15-5-2-3-8-20(15)33-24(35)21-22(25(33)36)27(26(37)38,14-16-9-11-19(12-10-16)34(39)40)32-23(21)17-6-4-7-18(13-17)28(29,30)31/h2-13,21-23,32H,14H2,1H3,(H,37,38). The van der Waals surface area contributed by atoms with Gasteiger partial charge in [-0.1, -0.05) is 42.5 Å². The molecule has 206 valence electrons. The molecule has 2 aliphatic rings. The molecular weight excluding hydrogens is 531 g/mol. The SMILES string of the molecule is Cc1ccccc1N1C(=O)C2C(c3cccc(C(F)(F)F)c3)NC(Cc3ccc([N+](=O)[O-])cc3)(C(=O)O)C2C1=O. The molecule has 5 rings (SSSR count). The van der Waals surface area contributed by atoms with Crippen molar-refractivity contribution >= 4 is 29.2 Å². The van der Waals surface area contributed by atoms with Gasteiger partial charge in [0.2, 0.25) is 11.8 Å². The number of carbonyl (C=O) groups excluding carboxylic acids is 2. The van der Waals surface area contributed by atoms with Crippen LogP contribution in [-0.2, 0) is 27.0 Å². The molecule has 4 unspecified atom stereocenters. The number of para-hydroxylation sites is 1. The number of benzene rings is 3. The van der Waals surface area contributed by atoms with Crippen LogP contribution in [0.3, 0.4) is 0 Å². The van der Waals surface area contributed by atoms with Crippen molar-refractivity contribution in [3.63, 3.8) is 0 Å². The zero-order valence-electron chi connectivity index (χ0n) is 20.9. The number of halogens is 3. The molecular formula is C28H22F3N3O6. The van der Waals surface area contributed by atoms with Gasteiger partial charge in [-0.2, -0.15) is 13.2 Å². The van der Waals surface area contributed by atoms with Crippen molar-refractivity contribution in [3.8, 4) is 0 Å². The normalized spacial score (nSPS) is 24.3. The Hall–Kier alpha value is -4.58. The first kappa shape index (κ1) is 27.0. The van der Waals surface area contributed by atoms with E-state index in [2.05, 4.69) is 5.32 Å². The Labute approximate surface area is 225 Å². The van der Waals surface area contributed by atoms with E-state index in [1.807, 2.05) is 0 Å². The Balaban J connectivity index is 1.66. The van der Waals surface area contributed by atoms with Crippen molar-refractivity contribution in [1.29, 1.82) is 0 Å². The number of non-ortho nitro benzene ring substituents is 1. The smallest absolute Gasteiger partial charge is 0.416 e. The van der Waals surface area contributed by atoms with Gasteiger partial charge in [0.05, 0.1) is 28.0 Å². The summed E-state index contributed by atoms with van der Waals surface area (Å²) >= 11 is 0. The van der Waals surface area contributed by atoms with Crippen molar-refractivity contribution in [2.45, 2.75) is 31.1 Å². The summed E-state index contributed by atoms with van der Waals surface area (Å²) in [5.74, 6) is -5.82. The maximum Gasteiger partial charge on any atom is 0.416 e. The number of nitro benzene ring substituents is 1. The lowest BCUT2D eigenvalue weighted by atomic mass is 9.76. The third-order valence-corrected chi connectivity index (χ3v) is 7.60. The fourth-order valence-corrected chi connectivity index (χ4v) is 5.74. The molecule has 3 aromatic rings. The molecule has 2 saturated heterocycles. The predicted molar refractivity (Wildman–Crippen MR) is 135 cm³/mol. The minimum Gasteiger partial charge on any atom is -0.480 e. The lowest BCUT2D eigenvalue weighted by molar-refractivity contribution is -0.384. The van der Waals surface area contributed by atoms with Gasteiger partial charge in [-0.15, -0.1) is 0 Å². The third kappa shape index (κ3) is 4.30. The van der Waals surface area contributed by atoms with Gasteiger partial charge in [-0.25, -0.2) is 4.90 Å². The van der Waals surface area contributed by atoms with E-state index in [-0.39, 0.29) is 23.4 Å². The third-order valence-electron chi connectivity index (χ3n) is 7.60. The van der Waals surface area contributed by atoms with E-state index < -0.39 is 57.9 Å². The Morgan fingerprint density at radius 2 is 1.73 bits per heavy atom. The van der Waals surface area contributed by atoms with Crippen LogP contribution in [-0.4, -0.2) is 33.4 Å². The summed E-state index contributed by atoms with van der Waals surface area (Å²) in [5, 5.41) is 24.5. The zero-order valence-corrected chi connectivity index (χ0v) is 20.9. The fourth-order valence-electron chi connectivity index (χ4n) is 5.74. The lowest BCUT2D eigenvalue weighted by Crippen LogP contribution is -2.57. The van der Waals surface area contributed by atoms with Crippen LogP contribution in [0.25, 0.3) is 0 Å². The van der Waals surface area contributed by atoms with Crippen LogP contribution in [0.15, 0.2) is 72.8 Å². The van der Waals surface area contributed by atoms with Crippen LogP contribution in [0.1, 0.15) is 28.3 Å². The van der Waals surface area contributed by atoms with Crippen LogP contribution in [0.4, 0.5) is 24.5 Å². The molecule has 40 heavy (non-hydrogen) atoms. The Morgan fingerprint density at radius 3 is 2.33 bits per heavy atom. The number of anilines is 1. The predicted octanol–water partition coefficient (Wildman–Crippen LogP) is 4.44. The van der Waals surface area contributed by atoms with Crippen molar-refractivity contribution in [1.82, 2.24) is 5.32 Å². The molecule has 0 saturated carbocycles. The summed E-state index contributed by atoms with van der Waals surface area (Å²) in [7, 11) is 0. The molecule has 2 heterocycles. The van der Waals surface area contributed by atoms with Gasteiger partial charge in [-0.3, -0.25) is 29.8 Å². The van der Waals surface area contributed by atoms with E-state index in [0.717, 1.165) is 23.1 Å². The van der Waals surface area contributed by atoms with Crippen LogP contribution in [0.5, 0.6) is 0 Å². The second kappa shape index (κ2) is 9.56. The van der Waals surface area contributed by atoms with E-state index in [1.165, 1.54) is 36.4 Å². The van der Waals surface area contributed by atoms with Crippen LogP contribution < -0.4 is 10.2 Å². The van der Waals surface area contributed by atoms with Gasteiger partial charge in [-0.05, 0) is 41.8 Å².